The van der Waals surface area contributed by atoms with Gasteiger partial charge in [0.05, 0.1) is 33.1 Å². The Balaban J connectivity index is 1.66. The molecule has 3 amide bonds. The number of hydrogen-bond acceptors (Lipinski definition) is 8. The summed E-state index contributed by atoms with van der Waals surface area (Å²) in [6.45, 7) is 2.10. The van der Waals surface area contributed by atoms with Crippen LogP contribution in [0.5, 0.6) is 11.5 Å². The van der Waals surface area contributed by atoms with Crippen molar-refractivity contribution in [1.82, 2.24) is 20.0 Å². The maximum absolute atomic E-state index is 13.3. The van der Waals surface area contributed by atoms with E-state index < -0.39 is 12.2 Å². The molecule has 0 spiro atoms. The lowest BCUT2D eigenvalue weighted by molar-refractivity contribution is -0.139. The van der Waals surface area contributed by atoms with Gasteiger partial charge < -0.3 is 24.0 Å². The van der Waals surface area contributed by atoms with E-state index in [1.54, 1.807) is 33.3 Å². The molecule has 1 aromatic carbocycles. The minimum absolute atomic E-state index is 0.186. The number of anilines is 1. The zero-order valence-electron chi connectivity index (χ0n) is 17.8. The molecule has 10 nitrogen and oxygen atoms in total. The Morgan fingerprint density at radius 3 is 2.63 bits per heavy atom. The molecule has 0 aliphatic carbocycles. The summed E-state index contributed by atoms with van der Waals surface area (Å²) in [6.07, 6.45) is 0.243. The fourth-order valence-electron chi connectivity index (χ4n) is 4.58. The monoisotopic (exact) mass is 419 g/mol. The normalized spacial score (nSPS) is 26.7. The van der Waals surface area contributed by atoms with E-state index in [2.05, 4.69) is 15.1 Å². The molecule has 0 radical (unpaired) electrons. The molecular formula is C20H29N5O5. The largest absolute Gasteiger partial charge is 0.497 e. The van der Waals surface area contributed by atoms with Crippen LogP contribution in [-0.2, 0) is 9.53 Å². The summed E-state index contributed by atoms with van der Waals surface area (Å²) in [5.41, 5.74) is 0.885. The van der Waals surface area contributed by atoms with Gasteiger partial charge in [-0.25, -0.2) is 4.79 Å². The van der Waals surface area contributed by atoms with Crippen LogP contribution in [0.1, 0.15) is 6.42 Å². The third kappa shape index (κ3) is 3.24. The fourth-order valence-corrected chi connectivity index (χ4v) is 4.58. The number of carbonyl (C=O) groups is 2. The van der Waals surface area contributed by atoms with Gasteiger partial charge >= 0.3 is 6.03 Å². The second-order valence-electron chi connectivity index (χ2n) is 7.63. The zero-order chi connectivity index (χ0) is 21.4. The van der Waals surface area contributed by atoms with Crippen molar-refractivity contribution in [3.05, 3.63) is 18.2 Å². The van der Waals surface area contributed by atoms with Crippen LogP contribution in [0.4, 0.5) is 10.5 Å². The van der Waals surface area contributed by atoms with Gasteiger partial charge in [0.15, 0.2) is 0 Å². The molecule has 3 atom stereocenters. The highest BCUT2D eigenvalue weighted by atomic mass is 16.5. The van der Waals surface area contributed by atoms with E-state index in [0.29, 0.717) is 6.61 Å². The van der Waals surface area contributed by atoms with Crippen LogP contribution in [0.3, 0.4) is 0 Å². The molecule has 0 bridgehead atoms. The quantitative estimate of drug-likeness (QED) is 0.707. The van der Waals surface area contributed by atoms with Crippen molar-refractivity contribution in [2.75, 3.05) is 59.5 Å². The number of likely N-dealkylation sites (N-methyl/N-ethyl adjacent to an activating group) is 1. The van der Waals surface area contributed by atoms with Crippen molar-refractivity contribution in [3.63, 3.8) is 0 Å². The van der Waals surface area contributed by atoms with Crippen molar-refractivity contribution >= 4 is 17.6 Å². The number of imide groups is 1. The summed E-state index contributed by atoms with van der Waals surface area (Å²) < 4.78 is 16.1. The van der Waals surface area contributed by atoms with Gasteiger partial charge in [0.1, 0.15) is 30.0 Å². The van der Waals surface area contributed by atoms with E-state index >= 15 is 0 Å². The van der Waals surface area contributed by atoms with E-state index in [-0.39, 0.29) is 24.8 Å². The number of urea groups is 1. The average Bonchev–Trinajstić information content (AvgIpc) is 3.17. The minimum atomic E-state index is -0.450. The van der Waals surface area contributed by atoms with Gasteiger partial charge in [0.2, 0.25) is 0 Å². The molecule has 30 heavy (non-hydrogen) atoms. The van der Waals surface area contributed by atoms with Crippen LogP contribution >= 0.6 is 0 Å². The number of fused-ring (bicyclic) bond motifs is 3. The van der Waals surface area contributed by atoms with Gasteiger partial charge in [-0.2, -0.15) is 0 Å². The topological polar surface area (TPSA) is 86.8 Å². The van der Waals surface area contributed by atoms with Gasteiger partial charge in [-0.3, -0.25) is 19.9 Å². The Bertz CT molecular complexity index is 821. The molecule has 3 heterocycles. The van der Waals surface area contributed by atoms with Gasteiger partial charge in [0, 0.05) is 33.3 Å². The van der Waals surface area contributed by atoms with Crippen LogP contribution in [0.25, 0.3) is 0 Å². The second kappa shape index (κ2) is 8.29. The first kappa shape index (κ1) is 20.7. The molecule has 3 saturated heterocycles. The SMILES string of the molecule is COCCN1C(=O)C2C(NC3N(c4cc(OC)ccc4OC)CCCN23)N(C)C1=O. The molecule has 1 N–H and O–H groups in total. The van der Waals surface area contributed by atoms with Crippen LogP contribution in [0, 0.1) is 0 Å². The number of nitrogens with one attached hydrogen (secondary N) is 1. The summed E-state index contributed by atoms with van der Waals surface area (Å²) in [4.78, 5) is 33.3. The minimum Gasteiger partial charge on any atom is -0.497 e. The molecule has 0 saturated carbocycles. The Morgan fingerprint density at radius 1 is 1.13 bits per heavy atom. The number of carbonyl (C=O) groups excluding carboxylic acids is 2. The van der Waals surface area contributed by atoms with Crippen molar-refractivity contribution in [2.45, 2.75) is 24.9 Å². The van der Waals surface area contributed by atoms with E-state index in [9.17, 15) is 9.59 Å². The molecule has 3 aliphatic rings. The molecule has 3 fully saturated rings. The number of nitrogens with zero attached hydrogens (tertiary/aromatic N) is 4. The van der Waals surface area contributed by atoms with Crippen LogP contribution < -0.4 is 19.7 Å². The molecule has 1 aromatic rings. The smallest absolute Gasteiger partial charge is 0.327 e. The van der Waals surface area contributed by atoms with E-state index in [0.717, 1.165) is 36.7 Å². The van der Waals surface area contributed by atoms with Crippen LogP contribution in [0.15, 0.2) is 18.2 Å². The first-order chi connectivity index (χ1) is 14.5. The number of amides is 3. The highest BCUT2D eigenvalue weighted by Crippen LogP contribution is 2.38. The van der Waals surface area contributed by atoms with Gasteiger partial charge in [-0.05, 0) is 18.6 Å². The summed E-state index contributed by atoms with van der Waals surface area (Å²) in [6, 6.07) is 4.91. The third-order valence-corrected chi connectivity index (χ3v) is 6.08. The van der Waals surface area contributed by atoms with Crippen molar-refractivity contribution in [1.29, 1.82) is 0 Å². The highest BCUT2D eigenvalue weighted by molar-refractivity contribution is 6.00. The summed E-state index contributed by atoms with van der Waals surface area (Å²) >= 11 is 0. The number of hydrogen-bond donors (Lipinski definition) is 1. The summed E-state index contributed by atoms with van der Waals surface area (Å²) in [5, 5.41) is 3.50. The lowest BCUT2D eigenvalue weighted by Gasteiger charge is -2.44. The van der Waals surface area contributed by atoms with E-state index in [1.807, 2.05) is 18.2 Å². The van der Waals surface area contributed by atoms with E-state index in [4.69, 9.17) is 14.2 Å². The number of methoxy groups -OCH3 is 3. The third-order valence-electron chi connectivity index (χ3n) is 6.08. The maximum Gasteiger partial charge on any atom is 0.327 e. The van der Waals surface area contributed by atoms with Gasteiger partial charge in [-0.1, -0.05) is 0 Å². The zero-order valence-corrected chi connectivity index (χ0v) is 17.8. The molecular weight excluding hydrogens is 390 g/mol. The van der Waals surface area contributed by atoms with Gasteiger partial charge in [0.25, 0.3) is 5.91 Å². The van der Waals surface area contributed by atoms with Crippen molar-refractivity contribution < 1.29 is 23.8 Å². The Labute approximate surface area is 176 Å². The van der Waals surface area contributed by atoms with E-state index in [1.165, 1.54) is 4.90 Å². The Morgan fingerprint density at radius 2 is 1.93 bits per heavy atom. The molecule has 10 heteroatoms. The Hall–Kier alpha value is -2.56. The number of rotatable bonds is 6. The second-order valence-corrected chi connectivity index (χ2v) is 7.63. The average molecular weight is 419 g/mol. The molecule has 164 valence electrons. The van der Waals surface area contributed by atoms with Crippen molar-refractivity contribution in [3.8, 4) is 11.5 Å². The fraction of sp³-hybridized carbons (Fsp3) is 0.600. The molecule has 4 rings (SSSR count). The van der Waals surface area contributed by atoms with Crippen molar-refractivity contribution in [2.24, 2.45) is 0 Å². The first-order valence-electron chi connectivity index (χ1n) is 10.1. The predicted molar refractivity (Wildman–Crippen MR) is 109 cm³/mol. The maximum atomic E-state index is 13.3. The molecule has 3 aliphatic heterocycles. The summed E-state index contributed by atoms with van der Waals surface area (Å²) in [5.74, 6) is 1.27. The molecule has 0 aromatic heterocycles. The predicted octanol–water partition coefficient (Wildman–Crippen LogP) is 0.338. The molecule has 3 unspecified atom stereocenters. The lowest BCUT2D eigenvalue weighted by atomic mass is 10.1. The lowest BCUT2D eigenvalue weighted by Crippen LogP contribution is -2.66. The standard InChI is InChI=1S/C20H29N5O5/c1-22-17-16(18(26)25(20(22)27)10-11-28-2)24-9-5-8-23(19(24)21-17)14-12-13(29-3)6-7-15(14)30-4/h6-7,12,16-17,19,21H,5,8-11H2,1-4H3. The Kier molecular flexibility index (Phi) is 5.72. The summed E-state index contributed by atoms with van der Waals surface area (Å²) in [7, 11) is 6.56. The highest BCUT2D eigenvalue weighted by Gasteiger charge is 2.56. The van der Waals surface area contributed by atoms with Gasteiger partial charge in [-0.15, -0.1) is 0 Å². The first-order valence-corrected chi connectivity index (χ1v) is 10.1. The number of benzene rings is 1. The number of ether oxygens (including phenoxy) is 3. The van der Waals surface area contributed by atoms with Crippen LogP contribution in [-0.4, -0.2) is 99.8 Å². The van der Waals surface area contributed by atoms with Crippen LogP contribution in [0.2, 0.25) is 0 Å².